The first-order valence-electron chi connectivity index (χ1n) is 8.48. The summed E-state index contributed by atoms with van der Waals surface area (Å²) in [6, 6.07) is 14.7. The minimum absolute atomic E-state index is 0.0886. The maximum atomic E-state index is 12.5. The van der Waals surface area contributed by atoms with Gasteiger partial charge in [-0.15, -0.1) is 0 Å². The normalized spacial score (nSPS) is 13.9. The predicted octanol–water partition coefficient (Wildman–Crippen LogP) is 2.97. The molecule has 2 aromatic carbocycles. The molecule has 0 fully saturated rings. The van der Waals surface area contributed by atoms with Gasteiger partial charge in [0.25, 0.3) is 11.8 Å². The molecule has 0 saturated carbocycles. The summed E-state index contributed by atoms with van der Waals surface area (Å²) >= 11 is 0. The monoisotopic (exact) mass is 363 g/mol. The maximum absolute atomic E-state index is 12.5. The Morgan fingerprint density at radius 3 is 3.00 bits per heavy atom. The molecule has 0 radical (unpaired) electrons. The number of fused-ring (bicyclic) bond motifs is 2. The summed E-state index contributed by atoms with van der Waals surface area (Å²) in [6.45, 7) is 1.57. The number of carbonyl (C=O) groups is 2. The number of rotatable bonds is 4. The van der Waals surface area contributed by atoms with Gasteiger partial charge in [-0.25, -0.2) is 0 Å². The molecule has 0 bridgehead atoms. The van der Waals surface area contributed by atoms with Crippen molar-refractivity contribution in [1.82, 2.24) is 4.98 Å². The Morgan fingerprint density at radius 2 is 2.11 bits per heavy atom. The molecule has 1 aliphatic rings. The summed E-state index contributed by atoms with van der Waals surface area (Å²) in [5.74, 6) is 0.378. The third-order valence-electron chi connectivity index (χ3n) is 4.14. The van der Waals surface area contributed by atoms with Crippen molar-refractivity contribution in [3.63, 3.8) is 0 Å². The van der Waals surface area contributed by atoms with Gasteiger partial charge in [0.15, 0.2) is 18.5 Å². The molecule has 0 spiro atoms. The minimum Gasteiger partial charge on any atom is -0.479 e. The number of para-hydroxylation sites is 2. The van der Waals surface area contributed by atoms with Crippen LogP contribution in [0.5, 0.6) is 11.5 Å². The first kappa shape index (κ1) is 16.8. The summed E-state index contributed by atoms with van der Waals surface area (Å²) in [5.41, 5.74) is 1.86. The third kappa shape index (κ3) is 3.52. The summed E-state index contributed by atoms with van der Waals surface area (Å²) in [6.07, 6.45) is 0.844. The van der Waals surface area contributed by atoms with Crippen LogP contribution in [0.3, 0.4) is 0 Å². The number of nitrogens with one attached hydrogen (secondary N) is 2. The number of anilines is 2. The fourth-order valence-electron chi connectivity index (χ4n) is 2.82. The van der Waals surface area contributed by atoms with Crippen LogP contribution in [0.1, 0.15) is 6.92 Å². The van der Waals surface area contributed by atoms with Gasteiger partial charge >= 0.3 is 0 Å². The fraction of sp³-hybridized carbons (Fsp3) is 0.150. The fourth-order valence-corrected chi connectivity index (χ4v) is 2.82. The topological polar surface area (TPSA) is 89.6 Å². The predicted molar refractivity (Wildman–Crippen MR) is 101 cm³/mol. The highest BCUT2D eigenvalue weighted by Gasteiger charge is 2.22. The van der Waals surface area contributed by atoms with Gasteiger partial charge in [0, 0.05) is 5.39 Å². The molecule has 2 heterocycles. The van der Waals surface area contributed by atoms with E-state index in [4.69, 9.17) is 9.47 Å². The molecule has 7 nitrogen and oxygen atoms in total. The van der Waals surface area contributed by atoms with Crippen LogP contribution in [0.4, 0.5) is 11.4 Å². The van der Waals surface area contributed by atoms with Crippen molar-refractivity contribution in [2.75, 3.05) is 17.2 Å². The number of hydrogen-bond donors (Lipinski definition) is 2. The largest absolute Gasteiger partial charge is 0.479 e. The van der Waals surface area contributed by atoms with Gasteiger partial charge in [-0.3, -0.25) is 14.6 Å². The molecule has 7 heteroatoms. The summed E-state index contributed by atoms with van der Waals surface area (Å²) in [7, 11) is 0. The van der Waals surface area contributed by atoms with Gasteiger partial charge in [0.1, 0.15) is 5.75 Å². The van der Waals surface area contributed by atoms with E-state index >= 15 is 0 Å². The van der Waals surface area contributed by atoms with Crippen molar-refractivity contribution in [1.29, 1.82) is 0 Å². The number of hydrogen-bond acceptors (Lipinski definition) is 5. The first-order chi connectivity index (χ1) is 13.1. The number of aromatic nitrogens is 1. The third-order valence-corrected chi connectivity index (χ3v) is 4.14. The van der Waals surface area contributed by atoms with Gasteiger partial charge in [0.2, 0.25) is 0 Å². The number of carbonyl (C=O) groups excluding carboxylic acids is 2. The Labute approximate surface area is 155 Å². The molecule has 1 aliphatic heterocycles. The Balaban J connectivity index is 1.48. The van der Waals surface area contributed by atoms with Crippen molar-refractivity contribution < 1.29 is 19.1 Å². The highest BCUT2D eigenvalue weighted by Crippen LogP contribution is 2.35. The van der Waals surface area contributed by atoms with E-state index in [9.17, 15) is 9.59 Å². The second-order valence-corrected chi connectivity index (χ2v) is 6.13. The Bertz CT molecular complexity index is 1030. The van der Waals surface area contributed by atoms with Crippen LogP contribution in [0.15, 0.2) is 54.7 Å². The zero-order valence-electron chi connectivity index (χ0n) is 14.6. The Kier molecular flexibility index (Phi) is 4.33. The van der Waals surface area contributed by atoms with Gasteiger partial charge in [-0.1, -0.05) is 24.3 Å². The Hall–Kier alpha value is -3.61. The molecule has 0 unspecified atom stereocenters. The smallest absolute Gasteiger partial charge is 0.265 e. The number of ether oxygens (including phenoxy) is 2. The quantitative estimate of drug-likeness (QED) is 0.744. The molecule has 136 valence electrons. The van der Waals surface area contributed by atoms with Crippen LogP contribution in [0.2, 0.25) is 0 Å². The molecule has 2 N–H and O–H groups in total. The molecule has 27 heavy (non-hydrogen) atoms. The lowest BCUT2D eigenvalue weighted by atomic mass is 10.2. The number of pyridine rings is 1. The van der Waals surface area contributed by atoms with Gasteiger partial charge in [-0.05, 0) is 31.2 Å². The minimum atomic E-state index is -0.748. The lowest BCUT2D eigenvalue weighted by Gasteiger charge is -2.21. The van der Waals surface area contributed by atoms with Crippen molar-refractivity contribution in [2.45, 2.75) is 13.0 Å². The van der Waals surface area contributed by atoms with E-state index < -0.39 is 6.10 Å². The second-order valence-electron chi connectivity index (χ2n) is 6.13. The van der Waals surface area contributed by atoms with E-state index in [0.29, 0.717) is 22.9 Å². The van der Waals surface area contributed by atoms with Crippen LogP contribution >= 0.6 is 0 Å². The van der Waals surface area contributed by atoms with Crippen molar-refractivity contribution in [3.05, 3.63) is 54.7 Å². The number of amides is 2. The standard InChI is InChI=1S/C20H17N3O4/c1-12(27-14-9-13-5-2-3-6-15(13)21-10-14)20(25)23-17-8-4-7-16-19(17)26-11-18(24)22-16/h2-10,12H,11H2,1H3,(H,22,24)(H,23,25)/t12-/m0/s1. The molecule has 0 saturated heterocycles. The zero-order valence-corrected chi connectivity index (χ0v) is 14.6. The summed E-state index contributed by atoms with van der Waals surface area (Å²) in [4.78, 5) is 28.3. The van der Waals surface area contributed by atoms with Crippen LogP contribution in [0.25, 0.3) is 10.9 Å². The highest BCUT2D eigenvalue weighted by atomic mass is 16.5. The molecular formula is C20H17N3O4. The lowest BCUT2D eigenvalue weighted by molar-refractivity contribution is -0.122. The summed E-state index contributed by atoms with van der Waals surface area (Å²) in [5, 5.41) is 6.42. The van der Waals surface area contributed by atoms with E-state index in [2.05, 4.69) is 15.6 Å². The average molecular weight is 363 g/mol. The lowest BCUT2D eigenvalue weighted by Crippen LogP contribution is -2.31. The van der Waals surface area contributed by atoms with Crippen LogP contribution in [-0.2, 0) is 9.59 Å². The molecule has 3 aromatic rings. The van der Waals surface area contributed by atoms with Gasteiger partial charge in [-0.2, -0.15) is 0 Å². The zero-order chi connectivity index (χ0) is 18.8. The summed E-state index contributed by atoms with van der Waals surface area (Å²) < 4.78 is 11.2. The van der Waals surface area contributed by atoms with Crippen LogP contribution in [-0.4, -0.2) is 29.5 Å². The van der Waals surface area contributed by atoms with E-state index in [0.717, 1.165) is 10.9 Å². The van der Waals surface area contributed by atoms with E-state index in [-0.39, 0.29) is 18.4 Å². The van der Waals surface area contributed by atoms with E-state index in [1.165, 1.54) is 0 Å². The number of nitrogens with zero attached hydrogens (tertiary/aromatic N) is 1. The maximum Gasteiger partial charge on any atom is 0.265 e. The second kappa shape index (κ2) is 6.95. The SMILES string of the molecule is C[C@H](Oc1cnc2ccccc2c1)C(=O)Nc1cccc2c1OCC(=O)N2. The molecule has 2 amide bonds. The van der Waals surface area contributed by atoms with Crippen LogP contribution < -0.4 is 20.1 Å². The van der Waals surface area contributed by atoms with Gasteiger partial charge < -0.3 is 20.1 Å². The van der Waals surface area contributed by atoms with Crippen molar-refractivity contribution >= 4 is 34.1 Å². The molecule has 1 atom stereocenters. The molecular weight excluding hydrogens is 346 g/mol. The van der Waals surface area contributed by atoms with Gasteiger partial charge in [0.05, 0.1) is 23.1 Å². The van der Waals surface area contributed by atoms with Crippen LogP contribution in [0, 0.1) is 0 Å². The first-order valence-corrected chi connectivity index (χ1v) is 8.48. The van der Waals surface area contributed by atoms with Crippen molar-refractivity contribution in [2.24, 2.45) is 0 Å². The van der Waals surface area contributed by atoms with Crippen molar-refractivity contribution in [3.8, 4) is 11.5 Å². The average Bonchev–Trinajstić information content (AvgIpc) is 2.67. The molecule has 4 rings (SSSR count). The molecule has 1 aromatic heterocycles. The van der Waals surface area contributed by atoms with E-state index in [1.807, 2.05) is 30.3 Å². The highest BCUT2D eigenvalue weighted by molar-refractivity contribution is 6.01. The Morgan fingerprint density at radius 1 is 1.26 bits per heavy atom. The van der Waals surface area contributed by atoms with E-state index in [1.54, 1.807) is 31.3 Å². The molecule has 0 aliphatic carbocycles. The number of benzene rings is 2.